The van der Waals surface area contributed by atoms with Gasteiger partial charge in [-0.05, 0) is 37.3 Å². The molecule has 1 unspecified atom stereocenters. The molecule has 142 valence electrons. The summed E-state index contributed by atoms with van der Waals surface area (Å²) in [5.74, 6) is 0.797. The Morgan fingerprint density at radius 3 is 3.00 bits per heavy atom. The first kappa shape index (κ1) is 18.7. The van der Waals surface area contributed by atoms with E-state index in [1.807, 2.05) is 0 Å². The number of ether oxygens (including phenoxy) is 1. The van der Waals surface area contributed by atoms with Gasteiger partial charge in [-0.25, -0.2) is 0 Å². The van der Waals surface area contributed by atoms with Gasteiger partial charge in [-0.3, -0.25) is 4.99 Å². The minimum absolute atomic E-state index is 0.0146. The van der Waals surface area contributed by atoms with E-state index in [0.717, 1.165) is 44.9 Å². The molecule has 6 heteroatoms. The Morgan fingerprint density at radius 1 is 1.38 bits per heavy atom. The van der Waals surface area contributed by atoms with Gasteiger partial charge in [0.1, 0.15) is 0 Å². The Morgan fingerprint density at radius 2 is 2.27 bits per heavy atom. The lowest BCUT2D eigenvalue weighted by molar-refractivity contribution is 0.127. The van der Waals surface area contributed by atoms with E-state index in [0.29, 0.717) is 6.61 Å². The summed E-state index contributed by atoms with van der Waals surface area (Å²) in [6.07, 6.45) is 4.76. The zero-order valence-electron chi connectivity index (χ0n) is 15.8. The number of aryl methyl sites for hydroxylation is 1. The van der Waals surface area contributed by atoms with E-state index in [9.17, 15) is 5.11 Å². The molecule has 1 aliphatic heterocycles. The van der Waals surface area contributed by atoms with Crippen LogP contribution in [-0.2, 0) is 11.2 Å². The second-order valence-corrected chi connectivity index (χ2v) is 7.19. The highest BCUT2D eigenvalue weighted by Gasteiger charge is 2.34. The summed E-state index contributed by atoms with van der Waals surface area (Å²) in [5, 5.41) is 17.4. The molecule has 1 fully saturated rings. The first-order chi connectivity index (χ1) is 12.7. The van der Waals surface area contributed by atoms with Crippen molar-refractivity contribution in [2.45, 2.75) is 26.2 Å². The SMILES string of the molecule is CN=C(NCCc1c[nH]c2c(C)cccc12)NCC1(CCO)CCOC1. The molecular weight excluding hydrogens is 328 g/mol. The largest absolute Gasteiger partial charge is 0.396 e. The van der Waals surface area contributed by atoms with Crippen molar-refractivity contribution < 1.29 is 9.84 Å². The summed E-state index contributed by atoms with van der Waals surface area (Å²) in [6, 6.07) is 6.40. The number of rotatable bonds is 7. The molecule has 3 rings (SSSR count). The molecule has 26 heavy (non-hydrogen) atoms. The molecule has 0 bridgehead atoms. The fourth-order valence-electron chi connectivity index (χ4n) is 3.69. The van der Waals surface area contributed by atoms with E-state index in [-0.39, 0.29) is 12.0 Å². The number of aromatic nitrogens is 1. The summed E-state index contributed by atoms with van der Waals surface area (Å²) < 4.78 is 5.54. The number of aliphatic imine (C=N–C) groups is 1. The molecule has 1 aromatic carbocycles. The average Bonchev–Trinajstić information content (AvgIpc) is 3.27. The minimum atomic E-state index is 0.0146. The minimum Gasteiger partial charge on any atom is -0.396 e. The number of nitrogens with one attached hydrogen (secondary N) is 3. The van der Waals surface area contributed by atoms with Crippen molar-refractivity contribution in [2.24, 2.45) is 10.4 Å². The zero-order chi connectivity index (χ0) is 18.4. The van der Waals surface area contributed by atoms with Gasteiger partial charge in [0.15, 0.2) is 5.96 Å². The van der Waals surface area contributed by atoms with Crippen LogP contribution in [0, 0.1) is 12.3 Å². The van der Waals surface area contributed by atoms with E-state index < -0.39 is 0 Å². The second-order valence-electron chi connectivity index (χ2n) is 7.19. The van der Waals surface area contributed by atoms with Gasteiger partial charge in [0, 0.05) is 55.9 Å². The van der Waals surface area contributed by atoms with Crippen LogP contribution in [0.2, 0.25) is 0 Å². The van der Waals surface area contributed by atoms with Crippen molar-refractivity contribution in [3.8, 4) is 0 Å². The maximum Gasteiger partial charge on any atom is 0.191 e. The number of nitrogens with zero attached hydrogens (tertiary/aromatic N) is 1. The number of hydrogen-bond donors (Lipinski definition) is 4. The Bertz CT molecular complexity index is 747. The third kappa shape index (κ3) is 4.19. The molecule has 1 atom stereocenters. The Kier molecular flexibility index (Phi) is 6.16. The monoisotopic (exact) mass is 358 g/mol. The molecule has 0 spiro atoms. The number of para-hydroxylation sites is 1. The van der Waals surface area contributed by atoms with Crippen molar-refractivity contribution in [3.63, 3.8) is 0 Å². The summed E-state index contributed by atoms with van der Waals surface area (Å²) in [6.45, 7) is 5.36. The average molecular weight is 358 g/mol. The quantitative estimate of drug-likeness (QED) is 0.451. The van der Waals surface area contributed by atoms with E-state index in [1.54, 1.807) is 7.05 Å². The van der Waals surface area contributed by atoms with E-state index in [1.165, 1.54) is 22.0 Å². The van der Waals surface area contributed by atoms with Crippen molar-refractivity contribution in [1.82, 2.24) is 15.6 Å². The molecular formula is C20H30N4O2. The number of hydrogen-bond acceptors (Lipinski definition) is 3. The molecule has 1 aromatic heterocycles. The first-order valence-electron chi connectivity index (χ1n) is 9.36. The van der Waals surface area contributed by atoms with Gasteiger partial charge in [-0.2, -0.15) is 0 Å². The molecule has 0 radical (unpaired) electrons. The van der Waals surface area contributed by atoms with Crippen LogP contribution in [0.4, 0.5) is 0 Å². The highest BCUT2D eigenvalue weighted by atomic mass is 16.5. The topological polar surface area (TPSA) is 81.7 Å². The van der Waals surface area contributed by atoms with Gasteiger partial charge >= 0.3 is 0 Å². The van der Waals surface area contributed by atoms with Crippen LogP contribution >= 0.6 is 0 Å². The molecule has 6 nitrogen and oxygen atoms in total. The zero-order valence-corrected chi connectivity index (χ0v) is 15.8. The smallest absolute Gasteiger partial charge is 0.191 e. The van der Waals surface area contributed by atoms with Crippen LogP contribution in [0.1, 0.15) is 24.0 Å². The number of H-pyrrole nitrogens is 1. The summed E-state index contributed by atoms with van der Waals surface area (Å²) in [7, 11) is 1.79. The Balaban J connectivity index is 1.52. The molecule has 4 N–H and O–H groups in total. The maximum atomic E-state index is 9.34. The second kappa shape index (κ2) is 8.56. The van der Waals surface area contributed by atoms with Gasteiger partial charge in [-0.15, -0.1) is 0 Å². The molecule has 0 saturated carbocycles. The molecule has 2 heterocycles. The van der Waals surface area contributed by atoms with E-state index in [4.69, 9.17) is 4.74 Å². The summed E-state index contributed by atoms with van der Waals surface area (Å²) in [5.41, 5.74) is 3.82. The molecule has 1 aliphatic rings. The lowest BCUT2D eigenvalue weighted by Crippen LogP contribution is -2.45. The van der Waals surface area contributed by atoms with Gasteiger partial charge < -0.3 is 25.5 Å². The lowest BCUT2D eigenvalue weighted by Gasteiger charge is -2.27. The van der Waals surface area contributed by atoms with Gasteiger partial charge in [0.05, 0.1) is 6.61 Å². The fraction of sp³-hybridized carbons (Fsp3) is 0.550. The Labute approximate surface area is 155 Å². The molecule has 0 amide bonds. The number of aliphatic hydroxyl groups excluding tert-OH is 1. The number of aromatic amines is 1. The van der Waals surface area contributed by atoms with Crippen molar-refractivity contribution in [1.29, 1.82) is 0 Å². The maximum absolute atomic E-state index is 9.34. The van der Waals surface area contributed by atoms with Crippen LogP contribution in [0.15, 0.2) is 29.4 Å². The third-order valence-corrected chi connectivity index (χ3v) is 5.38. The van der Waals surface area contributed by atoms with E-state index >= 15 is 0 Å². The van der Waals surface area contributed by atoms with Gasteiger partial charge in [-0.1, -0.05) is 18.2 Å². The molecule has 0 aliphatic carbocycles. The van der Waals surface area contributed by atoms with Crippen molar-refractivity contribution in [3.05, 3.63) is 35.5 Å². The van der Waals surface area contributed by atoms with Crippen LogP contribution in [-0.4, -0.2) is 56.0 Å². The summed E-state index contributed by atoms with van der Waals surface area (Å²) in [4.78, 5) is 7.70. The standard InChI is InChI=1S/C20H30N4O2/c1-15-4-3-5-17-16(12-23-18(15)17)6-9-22-19(21-2)24-13-20(7-10-25)8-11-26-14-20/h3-5,12,23,25H,6-11,13-14H2,1-2H3,(H2,21,22,24). The Hall–Kier alpha value is -2.05. The van der Waals surface area contributed by atoms with Crippen molar-refractivity contribution >= 4 is 16.9 Å². The predicted molar refractivity (Wildman–Crippen MR) is 106 cm³/mol. The number of fused-ring (bicyclic) bond motifs is 1. The van der Waals surface area contributed by atoms with Crippen LogP contribution < -0.4 is 10.6 Å². The highest BCUT2D eigenvalue weighted by molar-refractivity contribution is 5.86. The number of guanidine groups is 1. The normalized spacial score (nSPS) is 20.7. The van der Waals surface area contributed by atoms with Crippen LogP contribution in [0.25, 0.3) is 10.9 Å². The van der Waals surface area contributed by atoms with Crippen LogP contribution in [0.3, 0.4) is 0 Å². The third-order valence-electron chi connectivity index (χ3n) is 5.38. The fourth-order valence-corrected chi connectivity index (χ4v) is 3.69. The number of benzene rings is 1. The molecule has 2 aromatic rings. The van der Waals surface area contributed by atoms with Gasteiger partial charge in [0.2, 0.25) is 0 Å². The first-order valence-corrected chi connectivity index (χ1v) is 9.36. The van der Waals surface area contributed by atoms with Crippen LogP contribution in [0.5, 0.6) is 0 Å². The lowest BCUT2D eigenvalue weighted by atomic mass is 9.84. The van der Waals surface area contributed by atoms with E-state index in [2.05, 4.69) is 51.9 Å². The predicted octanol–water partition coefficient (Wildman–Crippen LogP) is 1.97. The number of aliphatic hydroxyl groups is 1. The highest BCUT2D eigenvalue weighted by Crippen LogP contribution is 2.31. The summed E-state index contributed by atoms with van der Waals surface area (Å²) >= 11 is 0. The molecule has 1 saturated heterocycles. The van der Waals surface area contributed by atoms with Crippen molar-refractivity contribution in [2.75, 3.05) is 40.0 Å². The van der Waals surface area contributed by atoms with Gasteiger partial charge in [0.25, 0.3) is 0 Å².